The third-order valence-corrected chi connectivity index (χ3v) is 1.35. The molecule has 0 aromatic heterocycles. The first-order chi connectivity index (χ1) is 6.22. The molecule has 0 bridgehead atoms. The van der Waals surface area contributed by atoms with Crippen molar-refractivity contribution in [2.24, 2.45) is 0 Å². The van der Waals surface area contributed by atoms with Gasteiger partial charge in [-0.25, -0.2) is 0 Å². The largest absolute Gasteiger partial charge is 0.372 e. The van der Waals surface area contributed by atoms with Crippen molar-refractivity contribution in [1.82, 2.24) is 5.32 Å². The Kier molecular flexibility index (Phi) is 12.6. The van der Waals surface area contributed by atoms with Crippen LogP contribution in [0.25, 0.3) is 0 Å². The summed E-state index contributed by atoms with van der Waals surface area (Å²) in [6, 6.07) is 0. The number of carbonyl (C=O) groups excluding carboxylic acids is 1. The summed E-state index contributed by atoms with van der Waals surface area (Å²) < 4.78 is 4.81. The monoisotopic (exact) mass is 187 g/mol. The Bertz CT molecular complexity index is 144. The first kappa shape index (κ1) is 14.7. The maximum absolute atomic E-state index is 11.0. The summed E-state index contributed by atoms with van der Waals surface area (Å²) in [7, 11) is 1.51. The van der Waals surface area contributed by atoms with Crippen molar-refractivity contribution in [1.29, 1.82) is 0 Å². The zero-order valence-corrected chi connectivity index (χ0v) is 9.26. The summed E-state index contributed by atoms with van der Waals surface area (Å²) >= 11 is 0. The lowest BCUT2D eigenvalue weighted by molar-refractivity contribution is -0.129. The molecule has 0 aliphatic heterocycles. The number of methoxy groups -OCH3 is 1. The van der Waals surface area contributed by atoms with E-state index in [0.29, 0.717) is 6.54 Å². The van der Waals surface area contributed by atoms with Crippen LogP contribution in [0.4, 0.5) is 0 Å². The zero-order chi connectivity index (χ0) is 10.7. The van der Waals surface area contributed by atoms with E-state index in [4.69, 9.17) is 4.74 Å². The topological polar surface area (TPSA) is 38.3 Å². The molecule has 0 radical (unpaired) electrons. The molecule has 1 amide bonds. The molecule has 78 valence electrons. The Morgan fingerprint density at radius 1 is 1.54 bits per heavy atom. The summed E-state index contributed by atoms with van der Waals surface area (Å²) in [5.74, 6) is -0.0781. The van der Waals surface area contributed by atoms with E-state index in [-0.39, 0.29) is 12.0 Å². The minimum atomic E-state index is -0.361. The molecule has 0 saturated carbocycles. The van der Waals surface area contributed by atoms with Gasteiger partial charge in [-0.15, -0.1) is 0 Å². The highest BCUT2D eigenvalue weighted by molar-refractivity contribution is 5.80. The van der Waals surface area contributed by atoms with E-state index in [9.17, 15) is 4.79 Å². The molecular weight excluding hydrogens is 166 g/mol. The van der Waals surface area contributed by atoms with Crippen LogP contribution >= 0.6 is 0 Å². The molecule has 0 aromatic rings. The number of hydrogen-bond donors (Lipinski definition) is 1. The van der Waals surface area contributed by atoms with Gasteiger partial charge in [0.2, 0.25) is 5.91 Å². The van der Waals surface area contributed by atoms with Crippen LogP contribution in [-0.2, 0) is 9.53 Å². The van der Waals surface area contributed by atoms with Crippen LogP contribution in [0.5, 0.6) is 0 Å². The highest BCUT2D eigenvalue weighted by Crippen LogP contribution is 1.85. The fraction of sp³-hybridized carbons (Fsp3) is 0.700. The Morgan fingerprint density at radius 3 is 2.46 bits per heavy atom. The summed E-state index contributed by atoms with van der Waals surface area (Å²) in [4.78, 5) is 11.0. The van der Waals surface area contributed by atoms with E-state index in [2.05, 4.69) is 5.32 Å². The highest BCUT2D eigenvalue weighted by Gasteiger charge is 2.08. The zero-order valence-electron chi connectivity index (χ0n) is 9.26. The molecule has 1 N–H and O–H groups in total. The first-order valence-corrected chi connectivity index (χ1v) is 4.64. The van der Waals surface area contributed by atoms with Crippen LogP contribution in [-0.4, -0.2) is 25.7 Å². The molecule has 0 rings (SSSR count). The number of carbonyl (C=O) groups is 1. The average molecular weight is 187 g/mol. The second-order valence-electron chi connectivity index (χ2n) is 2.19. The van der Waals surface area contributed by atoms with Gasteiger partial charge in [0.15, 0.2) is 0 Å². The molecular formula is C10H21NO2. The lowest BCUT2D eigenvalue weighted by Crippen LogP contribution is -2.33. The number of nitrogens with one attached hydrogen (secondary N) is 1. The van der Waals surface area contributed by atoms with Gasteiger partial charge in [0.1, 0.15) is 6.10 Å². The van der Waals surface area contributed by atoms with E-state index >= 15 is 0 Å². The van der Waals surface area contributed by atoms with Crippen molar-refractivity contribution < 1.29 is 9.53 Å². The van der Waals surface area contributed by atoms with Crippen molar-refractivity contribution in [3.8, 4) is 0 Å². The number of amides is 1. The van der Waals surface area contributed by atoms with Gasteiger partial charge in [-0.05, 0) is 13.8 Å². The number of rotatable bonds is 4. The molecule has 3 nitrogen and oxygen atoms in total. The number of hydrogen-bond acceptors (Lipinski definition) is 2. The molecule has 1 unspecified atom stereocenters. The van der Waals surface area contributed by atoms with E-state index in [1.165, 1.54) is 7.11 Å². The summed E-state index contributed by atoms with van der Waals surface area (Å²) in [6.45, 7) is 8.19. The lowest BCUT2D eigenvalue weighted by Gasteiger charge is -2.07. The SMILES string of the molecule is C/C=C/CNC(=O)C(C)OC.CC. The third kappa shape index (κ3) is 9.08. The predicted octanol–water partition coefficient (Wildman–Crippen LogP) is 1.74. The van der Waals surface area contributed by atoms with Gasteiger partial charge in [0.25, 0.3) is 0 Å². The summed E-state index contributed by atoms with van der Waals surface area (Å²) in [5, 5.41) is 2.68. The minimum Gasteiger partial charge on any atom is -0.372 e. The number of allylic oxidation sites excluding steroid dienone is 1. The molecule has 0 aromatic carbocycles. The van der Waals surface area contributed by atoms with Gasteiger partial charge >= 0.3 is 0 Å². The highest BCUT2D eigenvalue weighted by atomic mass is 16.5. The van der Waals surface area contributed by atoms with Gasteiger partial charge in [0, 0.05) is 13.7 Å². The third-order valence-electron chi connectivity index (χ3n) is 1.35. The summed E-state index contributed by atoms with van der Waals surface area (Å²) in [5.41, 5.74) is 0. The number of ether oxygens (including phenoxy) is 1. The van der Waals surface area contributed by atoms with Crippen molar-refractivity contribution in [2.45, 2.75) is 33.8 Å². The molecule has 0 aliphatic rings. The maximum Gasteiger partial charge on any atom is 0.249 e. The second-order valence-corrected chi connectivity index (χ2v) is 2.19. The first-order valence-electron chi connectivity index (χ1n) is 4.64. The molecule has 0 aliphatic carbocycles. The lowest BCUT2D eigenvalue weighted by atomic mass is 10.4. The Morgan fingerprint density at radius 2 is 2.08 bits per heavy atom. The van der Waals surface area contributed by atoms with Gasteiger partial charge in [-0.1, -0.05) is 26.0 Å². The van der Waals surface area contributed by atoms with E-state index in [0.717, 1.165) is 0 Å². The normalized spacial score (nSPS) is 11.8. The van der Waals surface area contributed by atoms with Crippen LogP contribution in [0, 0.1) is 0 Å². The second kappa shape index (κ2) is 11.2. The van der Waals surface area contributed by atoms with Crippen molar-refractivity contribution in [3.05, 3.63) is 12.2 Å². The van der Waals surface area contributed by atoms with Crippen molar-refractivity contribution >= 4 is 5.91 Å². The molecule has 0 saturated heterocycles. The Labute approximate surface area is 81.2 Å². The Hall–Kier alpha value is -0.830. The fourth-order valence-corrected chi connectivity index (χ4v) is 0.528. The van der Waals surface area contributed by atoms with Crippen molar-refractivity contribution in [3.63, 3.8) is 0 Å². The van der Waals surface area contributed by atoms with Crippen LogP contribution < -0.4 is 5.32 Å². The van der Waals surface area contributed by atoms with Crippen LogP contribution in [0.15, 0.2) is 12.2 Å². The molecule has 0 spiro atoms. The van der Waals surface area contributed by atoms with Gasteiger partial charge < -0.3 is 10.1 Å². The molecule has 0 fully saturated rings. The maximum atomic E-state index is 11.0. The standard InChI is InChI=1S/C8H15NO2.C2H6/c1-4-5-6-9-8(10)7(2)11-3;1-2/h4-5,7H,6H2,1-3H3,(H,9,10);1-2H3/b5-4+;. The predicted molar refractivity (Wildman–Crippen MR) is 55.6 cm³/mol. The molecule has 0 heterocycles. The molecule has 3 heteroatoms. The van der Waals surface area contributed by atoms with Crippen LogP contribution in [0.2, 0.25) is 0 Å². The smallest absolute Gasteiger partial charge is 0.249 e. The Balaban J connectivity index is 0. The quantitative estimate of drug-likeness (QED) is 0.681. The van der Waals surface area contributed by atoms with E-state index in [1.807, 2.05) is 32.9 Å². The van der Waals surface area contributed by atoms with Crippen LogP contribution in [0.1, 0.15) is 27.7 Å². The summed E-state index contributed by atoms with van der Waals surface area (Å²) in [6.07, 6.45) is 3.40. The van der Waals surface area contributed by atoms with Crippen LogP contribution in [0.3, 0.4) is 0 Å². The van der Waals surface area contributed by atoms with Gasteiger partial charge in [-0.2, -0.15) is 0 Å². The van der Waals surface area contributed by atoms with Crippen molar-refractivity contribution in [2.75, 3.05) is 13.7 Å². The van der Waals surface area contributed by atoms with Gasteiger partial charge in [0.05, 0.1) is 0 Å². The molecule has 1 atom stereocenters. The van der Waals surface area contributed by atoms with Gasteiger partial charge in [-0.3, -0.25) is 4.79 Å². The minimum absolute atomic E-state index is 0.0781. The van der Waals surface area contributed by atoms with E-state index in [1.54, 1.807) is 6.92 Å². The molecule has 13 heavy (non-hydrogen) atoms. The average Bonchev–Trinajstić information content (AvgIpc) is 2.20. The fourth-order valence-electron chi connectivity index (χ4n) is 0.528. The van der Waals surface area contributed by atoms with E-state index < -0.39 is 0 Å².